The second-order valence-corrected chi connectivity index (χ2v) is 3.53. The minimum absolute atomic E-state index is 0.202. The molecule has 5 heteroatoms. The molecule has 5 nitrogen and oxygen atoms in total. The molecule has 0 atom stereocenters. The standard InChI is InChI=1S/C12H12N4O/c1-9-14-7-4-11(16-9)12(17)15-8-10-2-5-13-6-3-10/h2-7H,8H2,1H3,(H,15,17). The molecule has 0 aromatic carbocycles. The van der Waals surface area contributed by atoms with E-state index < -0.39 is 0 Å². The Balaban J connectivity index is 1.98. The maximum atomic E-state index is 11.8. The molecular weight excluding hydrogens is 216 g/mol. The minimum atomic E-state index is -0.202. The number of nitrogens with one attached hydrogen (secondary N) is 1. The highest BCUT2D eigenvalue weighted by molar-refractivity contribution is 5.92. The Morgan fingerprint density at radius 1 is 1.24 bits per heavy atom. The van der Waals surface area contributed by atoms with Crippen LogP contribution in [0.15, 0.2) is 36.8 Å². The van der Waals surface area contributed by atoms with Crippen molar-refractivity contribution < 1.29 is 4.79 Å². The maximum absolute atomic E-state index is 11.8. The molecule has 0 fully saturated rings. The van der Waals surface area contributed by atoms with Gasteiger partial charge in [-0.25, -0.2) is 9.97 Å². The molecule has 1 amide bonds. The number of hydrogen-bond acceptors (Lipinski definition) is 4. The number of carbonyl (C=O) groups excluding carboxylic acids is 1. The van der Waals surface area contributed by atoms with Gasteiger partial charge in [-0.3, -0.25) is 9.78 Å². The van der Waals surface area contributed by atoms with Crippen molar-refractivity contribution in [1.29, 1.82) is 0 Å². The fourth-order valence-corrected chi connectivity index (χ4v) is 1.36. The third-order valence-electron chi connectivity index (χ3n) is 2.21. The lowest BCUT2D eigenvalue weighted by Crippen LogP contribution is -2.24. The summed E-state index contributed by atoms with van der Waals surface area (Å²) in [4.78, 5) is 23.7. The van der Waals surface area contributed by atoms with Gasteiger partial charge >= 0.3 is 0 Å². The summed E-state index contributed by atoms with van der Waals surface area (Å²) >= 11 is 0. The summed E-state index contributed by atoms with van der Waals surface area (Å²) < 4.78 is 0. The lowest BCUT2D eigenvalue weighted by Gasteiger charge is -2.04. The fraction of sp³-hybridized carbons (Fsp3) is 0.167. The Labute approximate surface area is 99.0 Å². The van der Waals surface area contributed by atoms with Gasteiger partial charge in [0.05, 0.1) is 0 Å². The molecule has 1 N–H and O–H groups in total. The first-order valence-corrected chi connectivity index (χ1v) is 5.22. The smallest absolute Gasteiger partial charge is 0.270 e. The van der Waals surface area contributed by atoms with E-state index in [1.165, 1.54) is 0 Å². The molecule has 0 spiro atoms. The summed E-state index contributed by atoms with van der Waals surface area (Å²) in [6.45, 7) is 2.21. The minimum Gasteiger partial charge on any atom is -0.347 e. The second-order valence-electron chi connectivity index (χ2n) is 3.53. The van der Waals surface area contributed by atoms with Crippen molar-refractivity contribution in [3.63, 3.8) is 0 Å². The molecule has 0 bridgehead atoms. The van der Waals surface area contributed by atoms with Crippen LogP contribution in [0.3, 0.4) is 0 Å². The quantitative estimate of drug-likeness (QED) is 0.854. The highest BCUT2D eigenvalue weighted by atomic mass is 16.1. The number of carbonyl (C=O) groups is 1. The molecule has 2 aromatic rings. The summed E-state index contributed by atoms with van der Waals surface area (Å²) in [5.74, 6) is 0.383. The van der Waals surface area contributed by atoms with Gasteiger partial charge in [0.15, 0.2) is 0 Å². The molecule has 0 aliphatic rings. The van der Waals surface area contributed by atoms with Gasteiger partial charge in [-0.05, 0) is 30.7 Å². The Morgan fingerprint density at radius 3 is 2.71 bits per heavy atom. The van der Waals surface area contributed by atoms with E-state index in [0.29, 0.717) is 18.1 Å². The van der Waals surface area contributed by atoms with E-state index in [2.05, 4.69) is 20.3 Å². The Bertz CT molecular complexity index is 513. The molecule has 0 saturated carbocycles. The maximum Gasteiger partial charge on any atom is 0.270 e. The van der Waals surface area contributed by atoms with E-state index in [1.54, 1.807) is 31.6 Å². The number of nitrogens with zero attached hydrogens (tertiary/aromatic N) is 3. The fourth-order valence-electron chi connectivity index (χ4n) is 1.36. The van der Waals surface area contributed by atoms with Crippen molar-refractivity contribution in [2.24, 2.45) is 0 Å². The Kier molecular flexibility index (Phi) is 3.40. The van der Waals surface area contributed by atoms with Crippen LogP contribution in [-0.2, 0) is 6.54 Å². The van der Waals surface area contributed by atoms with Crippen LogP contribution in [0.25, 0.3) is 0 Å². The van der Waals surface area contributed by atoms with Gasteiger partial charge in [0, 0.05) is 25.1 Å². The largest absolute Gasteiger partial charge is 0.347 e. The van der Waals surface area contributed by atoms with Gasteiger partial charge < -0.3 is 5.32 Å². The van der Waals surface area contributed by atoms with Gasteiger partial charge in [0.25, 0.3) is 5.91 Å². The molecule has 2 aromatic heterocycles. The Hall–Kier alpha value is -2.30. The van der Waals surface area contributed by atoms with Gasteiger partial charge in [-0.1, -0.05) is 0 Å². The summed E-state index contributed by atoms with van der Waals surface area (Å²) in [5.41, 5.74) is 1.38. The van der Waals surface area contributed by atoms with Crippen molar-refractivity contribution in [2.75, 3.05) is 0 Å². The average molecular weight is 228 g/mol. The van der Waals surface area contributed by atoms with E-state index in [1.807, 2.05) is 12.1 Å². The second kappa shape index (κ2) is 5.16. The zero-order valence-corrected chi connectivity index (χ0v) is 9.42. The highest BCUT2D eigenvalue weighted by Gasteiger charge is 2.06. The highest BCUT2D eigenvalue weighted by Crippen LogP contribution is 1.98. The van der Waals surface area contributed by atoms with Gasteiger partial charge in [0.1, 0.15) is 11.5 Å². The number of aromatic nitrogens is 3. The summed E-state index contributed by atoms with van der Waals surface area (Å²) in [7, 11) is 0. The third-order valence-corrected chi connectivity index (χ3v) is 2.21. The predicted octanol–water partition coefficient (Wildman–Crippen LogP) is 1.11. The van der Waals surface area contributed by atoms with E-state index in [-0.39, 0.29) is 5.91 Å². The number of aryl methyl sites for hydroxylation is 1. The van der Waals surface area contributed by atoms with Gasteiger partial charge in [-0.2, -0.15) is 0 Å². The summed E-state index contributed by atoms with van der Waals surface area (Å²) in [6.07, 6.45) is 4.95. The summed E-state index contributed by atoms with van der Waals surface area (Å²) in [5, 5.41) is 2.79. The predicted molar refractivity (Wildman–Crippen MR) is 62.2 cm³/mol. The number of hydrogen-bond donors (Lipinski definition) is 1. The first-order valence-electron chi connectivity index (χ1n) is 5.22. The van der Waals surface area contributed by atoms with Crippen molar-refractivity contribution in [3.8, 4) is 0 Å². The lowest BCUT2D eigenvalue weighted by molar-refractivity contribution is 0.0945. The van der Waals surface area contributed by atoms with E-state index in [9.17, 15) is 4.79 Å². The molecule has 0 saturated heterocycles. The van der Waals surface area contributed by atoms with Gasteiger partial charge in [0.2, 0.25) is 0 Å². The zero-order valence-electron chi connectivity index (χ0n) is 9.42. The zero-order chi connectivity index (χ0) is 12.1. The van der Waals surface area contributed by atoms with Crippen molar-refractivity contribution in [2.45, 2.75) is 13.5 Å². The molecule has 86 valence electrons. The number of rotatable bonds is 3. The number of amides is 1. The van der Waals surface area contributed by atoms with Gasteiger partial charge in [-0.15, -0.1) is 0 Å². The molecule has 2 rings (SSSR count). The third kappa shape index (κ3) is 3.07. The first kappa shape index (κ1) is 11.2. The van der Waals surface area contributed by atoms with Crippen LogP contribution in [0, 0.1) is 6.92 Å². The monoisotopic (exact) mass is 228 g/mol. The SMILES string of the molecule is Cc1nccc(C(=O)NCc2ccncc2)n1. The van der Waals surface area contributed by atoms with E-state index >= 15 is 0 Å². The topological polar surface area (TPSA) is 67.8 Å². The van der Waals surface area contributed by atoms with Crippen LogP contribution in [0.5, 0.6) is 0 Å². The molecule has 0 radical (unpaired) electrons. The van der Waals surface area contributed by atoms with E-state index in [4.69, 9.17) is 0 Å². The van der Waals surface area contributed by atoms with Crippen LogP contribution in [0.2, 0.25) is 0 Å². The van der Waals surface area contributed by atoms with Crippen LogP contribution in [0.4, 0.5) is 0 Å². The van der Waals surface area contributed by atoms with Crippen LogP contribution < -0.4 is 5.32 Å². The van der Waals surface area contributed by atoms with Crippen LogP contribution >= 0.6 is 0 Å². The molecule has 0 aliphatic heterocycles. The molecule has 17 heavy (non-hydrogen) atoms. The first-order chi connectivity index (χ1) is 8.25. The molecular formula is C12H12N4O. The van der Waals surface area contributed by atoms with Crippen molar-refractivity contribution in [3.05, 3.63) is 53.9 Å². The molecule has 0 aliphatic carbocycles. The summed E-state index contributed by atoms with van der Waals surface area (Å²) in [6, 6.07) is 5.30. The normalized spacial score (nSPS) is 9.94. The lowest BCUT2D eigenvalue weighted by atomic mass is 10.2. The average Bonchev–Trinajstić information content (AvgIpc) is 2.37. The van der Waals surface area contributed by atoms with Crippen LogP contribution in [0.1, 0.15) is 21.9 Å². The number of pyridine rings is 1. The van der Waals surface area contributed by atoms with Crippen molar-refractivity contribution >= 4 is 5.91 Å². The van der Waals surface area contributed by atoms with E-state index in [0.717, 1.165) is 5.56 Å². The Morgan fingerprint density at radius 2 is 2.00 bits per heavy atom. The van der Waals surface area contributed by atoms with Crippen LogP contribution in [-0.4, -0.2) is 20.9 Å². The molecule has 0 unspecified atom stereocenters. The molecule has 2 heterocycles. The van der Waals surface area contributed by atoms with Crippen molar-refractivity contribution in [1.82, 2.24) is 20.3 Å².